The molecule has 0 aromatic heterocycles. The Morgan fingerprint density at radius 1 is 1.54 bits per heavy atom. The van der Waals surface area contributed by atoms with E-state index in [0.29, 0.717) is 13.0 Å². The maximum absolute atomic E-state index is 11.1. The number of hydrogen-bond acceptors (Lipinski definition) is 3. The van der Waals surface area contributed by atoms with Crippen LogP contribution in [0.1, 0.15) is 12.8 Å². The van der Waals surface area contributed by atoms with Gasteiger partial charge in [0.15, 0.2) is 0 Å². The number of amides is 2. The van der Waals surface area contributed by atoms with Crippen molar-refractivity contribution >= 4 is 12.0 Å². The van der Waals surface area contributed by atoms with Crippen molar-refractivity contribution < 1.29 is 66.1 Å². The number of hydrogen-bond donors (Lipinski definition) is 1. The zero-order valence-corrected chi connectivity index (χ0v) is 11.0. The first-order chi connectivity index (χ1) is 5.66. The van der Waals surface area contributed by atoms with Gasteiger partial charge in [-0.15, -0.1) is 0 Å². The van der Waals surface area contributed by atoms with Crippen LogP contribution in [0.15, 0.2) is 0 Å². The normalized spacial score (nSPS) is 20.7. The van der Waals surface area contributed by atoms with Crippen LogP contribution in [0.5, 0.6) is 0 Å². The van der Waals surface area contributed by atoms with E-state index in [1.165, 1.54) is 11.9 Å². The molecule has 13 heavy (non-hydrogen) atoms. The molecule has 0 aliphatic carbocycles. The third kappa shape index (κ3) is 3.21. The van der Waals surface area contributed by atoms with Crippen LogP contribution in [-0.2, 0) is 4.79 Å². The third-order valence-corrected chi connectivity index (χ3v) is 2.00. The predicted molar refractivity (Wildman–Crippen MR) is 39.2 cm³/mol. The van der Waals surface area contributed by atoms with Crippen molar-refractivity contribution in [3.63, 3.8) is 0 Å². The standard InChI is InChI=1S/C7H12N2O3.K/c1-8-7(12)9-4-2-3-5(9)6(10)11;/h5H,2-4H2,1H3,(H,8,12)(H,10,11);/q;+1/p-1/t5-;/m1./s1. The summed E-state index contributed by atoms with van der Waals surface area (Å²) in [7, 11) is 1.48. The summed E-state index contributed by atoms with van der Waals surface area (Å²) >= 11 is 0. The Kier molecular flexibility index (Phi) is 6.15. The molecule has 0 saturated carbocycles. The van der Waals surface area contributed by atoms with Gasteiger partial charge in [-0.25, -0.2) is 4.79 Å². The van der Waals surface area contributed by atoms with E-state index in [9.17, 15) is 14.7 Å². The van der Waals surface area contributed by atoms with Gasteiger partial charge in [-0.05, 0) is 12.8 Å². The molecule has 1 N–H and O–H groups in total. The summed E-state index contributed by atoms with van der Waals surface area (Å²) in [5, 5.41) is 12.9. The average molecular weight is 210 g/mol. The second kappa shape index (κ2) is 5.97. The monoisotopic (exact) mass is 210 g/mol. The fourth-order valence-corrected chi connectivity index (χ4v) is 1.40. The van der Waals surface area contributed by atoms with Gasteiger partial charge in [0.2, 0.25) is 0 Å². The molecule has 2 amide bonds. The molecule has 0 aromatic carbocycles. The van der Waals surface area contributed by atoms with Crippen LogP contribution >= 0.6 is 0 Å². The third-order valence-electron chi connectivity index (χ3n) is 2.00. The number of aliphatic carboxylic acids is 1. The van der Waals surface area contributed by atoms with Crippen molar-refractivity contribution in [2.45, 2.75) is 18.9 Å². The molecule has 0 spiro atoms. The van der Waals surface area contributed by atoms with Gasteiger partial charge < -0.3 is 20.1 Å². The second-order valence-electron chi connectivity index (χ2n) is 2.73. The number of likely N-dealkylation sites (tertiary alicyclic amines) is 1. The van der Waals surface area contributed by atoms with Crippen LogP contribution in [0.2, 0.25) is 0 Å². The smallest absolute Gasteiger partial charge is 0.548 e. The Labute approximate surface area is 119 Å². The van der Waals surface area contributed by atoms with Gasteiger partial charge in [-0.3, -0.25) is 0 Å². The van der Waals surface area contributed by atoms with Crippen LogP contribution in [0.4, 0.5) is 4.79 Å². The summed E-state index contributed by atoms with van der Waals surface area (Å²) in [6.07, 6.45) is 1.22. The van der Waals surface area contributed by atoms with E-state index in [4.69, 9.17) is 0 Å². The van der Waals surface area contributed by atoms with Crippen molar-refractivity contribution in [1.82, 2.24) is 10.2 Å². The van der Waals surface area contributed by atoms with Crippen molar-refractivity contribution in [3.05, 3.63) is 0 Å². The molecule has 1 aliphatic rings. The van der Waals surface area contributed by atoms with E-state index >= 15 is 0 Å². The van der Waals surface area contributed by atoms with Gasteiger partial charge in [0.1, 0.15) is 0 Å². The summed E-state index contributed by atoms with van der Waals surface area (Å²) in [5.74, 6) is -1.17. The SMILES string of the molecule is CNC(=O)N1CCC[C@@H]1C(=O)[O-].[K+]. The number of carboxylic acid groups (broad SMARTS) is 1. The zero-order valence-electron chi connectivity index (χ0n) is 7.87. The first-order valence-corrected chi connectivity index (χ1v) is 3.86. The van der Waals surface area contributed by atoms with E-state index in [1.807, 2.05) is 0 Å². The average Bonchev–Trinajstić information content (AvgIpc) is 2.50. The largest absolute Gasteiger partial charge is 1.00 e. The van der Waals surface area contributed by atoms with Crippen LogP contribution < -0.4 is 61.8 Å². The van der Waals surface area contributed by atoms with Crippen LogP contribution in [0.25, 0.3) is 0 Å². The molecule has 5 nitrogen and oxygen atoms in total. The van der Waals surface area contributed by atoms with Crippen molar-refractivity contribution in [2.24, 2.45) is 0 Å². The summed E-state index contributed by atoms with van der Waals surface area (Å²) in [6.45, 7) is 0.498. The molecule has 1 aliphatic heterocycles. The number of urea groups is 1. The van der Waals surface area contributed by atoms with E-state index in [0.717, 1.165) is 6.42 Å². The first-order valence-electron chi connectivity index (χ1n) is 3.86. The summed E-state index contributed by atoms with van der Waals surface area (Å²) in [6, 6.07) is -1.09. The maximum atomic E-state index is 11.1. The molecule has 1 atom stereocenters. The molecule has 0 aromatic rings. The van der Waals surface area contributed by atoms with E-state index in [-0.39, 0.29) is 57.4 Å². The minimum atomic E-state index is -1.17. The van der Waals surface area contributed by atoms with Crippen molar-refractivity contribution in [2.75, 3.05) is 13.6 Å². The number of rotatable bonds is 1. The van der Waals surface area contributed by atoms with Gasteiger partial charge in [0, 0.05) is 13.6 Å². The molecule has 0 radical (unpaired) electrons. The molecular weight excluding hydrogens is 199 g/mol. The maximum Gasteiger partial charge on any atom is 1.00 e. The molecule has 1 heterocycles. The minimum Gasteiger partial charge on any atom is -0.548 e. The number of nitrogens with one attached hydrogen (secondary N) is 1. The van der Waals surface area contributed by atoms with E-state index < -0.39 is 12.0 Å². The molecule has 1 rings (SSSR count). The minimum absolute atomic E-state index is 0. The van der Waals surface area contributed by atoms with Crippen molar-refractivity contribution in [1.29, 1.82) is 0 Å². The molecule has 1 fully saturated rings. The Morgan fingerprint density at radius 3 is 2.62 bits per heavy atom. The van der Waals surface area contributed by atoms with Gasteiger partial charge in [-0.2, -0.15) is 0 Å². The summed E-state index contributed by atoms with van der Waals surface area (Å²) < 4.78 is 0. The van der Waals surface area contributed by atoms with Gasteiger partial charge in [0.05, 0.1) is 12.0 Å². The van der Waals surface area contributed by atoms with Gasteiger partial charge in [-0.1, -0.05) is 0 Å². The second-order valence-corrected chi connectivity index (χ2v) is 2.73. The van der Waals surface area contributed by atoms with Gasteiger partial charge >= 0.3 is 57.4 Å². The van der Waals surface area contributed by atoms with Gasteiger partial charge in [0.25, 0.3) is 0 Å². The summed E-state index contributed by atoms with van der Waals surface area (Å²) in [4.78, 5) is 22.8. The Bertz CT molecular complexity index is 210. The molecule has 68 valence electrons. The number of carbonyl (C=O) groups excluding carboxylic acids is 2. The summed E-state index contributed by atoms with van der Waals surface area (Å²) in [5.41, 5.74) is 0. The van der Waals surface area contributed by atoms with E-state index in [2.05, 4.69) is 5.32 Å². The van der Waals surface area contributed by atoms with E-state index in [1.54, 1.807) is 0 Å². The van der Waals surface area contributed by atoms with Crippen LogP contribution in [-0.4, -0.2) is 36.5 Å². The molecule has 1 saturated heterocycles. The zero-order chi connectivity index (χ0) is 9.14. The molecule has 6 heteroatoms. The van der Waals surface area contributed by atoms with Crippen LogP contribution in [0.3, 0.4) is 0 Å². The fourth-order valence-electron chi connectivity index (χ4n) is 1.40. The molecule has 0 unspecified atom stereocenters. The number of carbonyl (C=O) groups is 2. The topological polar surface area (TPSA) is 72.5 Å². The van der Waals surface area contributed by atoms with Crippen LogP contribution in [0, 0.1) is 0 Å². The first kappa shape index (κ1) is 13.4. The molecule has 0 bridgehead atoms. The Morgan fingerprint density at radius 2 is 2.15 bits per heavy atom. The van der Waals surface area contributed by atoms with Crippen molar-refractivity contribution in [3.8, 4) is 0 Å². The predicted octanol–water partition coefficient (Wildman–Crippen LogP) is -4.46. The quantitative estimate of drug-likeness (QED) is 0.444. The Hall–Kier alpha value is 0.376. The number of nitrogens with zero attached hydrogens (tertiary/aromatic N) is 1. The fraction of sp³-hybridized carbons (Fsp3) is 0.714. The number of carboxylic acids is 1. The molecular formula is C7H11KN2O3. The Balaban J connectivity index is 0.00000144.